The number of hydrogen-bond donors (Lipinski definition) is 1. The van der Waals surface area contributed by atoms with Crippen molar-refractivity contribution >= 4 is 0 Å². The molecule has 0 bridgehead atoms. The fourth-order valence-electron chi connectivity index (χ4n) is 1.23. The molecule has 2 rings (SSSR count). The summed E-state index contributed by atoms with van der Waals surface area (Å²) in [5, 5.41) is 3.28. The van der Waals surface area contributed by atoms with E-state index in [9.17, 15) is 0 Å². The number of aromatic nitrogens is 1. The quantitative estimate of drug-likeness (QED) is 0.797. The summed E-state index contributed by atoms with van der Waals surface area (Å²) in [6.45, 7) is 1.60. The highest BCUT2D eigenvalue weighted by molar-refractivity contribution is 5.06. The van der Waals surface area contributed by atoms with Crippen molar-refractivity contribution in [3.05, 3.63) is 54.2 Å². The lowest BCUT2D eigenvalue weighted by Gasteiger charge is -2.01. The van der Waals surface area contributed by atoms with Gasteiger partial charge in [-0.25, -0.2) is 0 Å². The Bertz CT molecular complexity index is 356. The van der Waals surface area contributed by atoms with Crippen molar-refractivity contribution in [1.29, 1.82) is 0 Å². The monoisotopic (exact) mass is 188 g/mol. The standard InChI is InChI=1S/C11H12N2O/c1-2-5-13-11(3-1)8-12-7-10-4-6-14-9-10/h1-6,9,12H,7-8H2. The minimum atomic E-state index is 0.784. The van der Waals surface area contributed by atoms with Crippen LogP contribution in [-0.4, -0.2) is 4.98 Å². The lowest BCUT2D eigenvalue weighted by Crippen LogP contribution is -2.12. The van der Waals surface area contributed by atoms with Gasteiger partial charge in [-0.15, -0.1) is 0 Å². The first-order valence-corrected chi connectivity index (χ1v) is 4.57. The highest BCUT2D eigenvalue weighted by atomic mass is 16.3. The average molecular weight is 188 g/mol. The van der Waals surface area contributed by atoms with Gasteiger partial charge in [0.15, 0.2) is 0 Å². The van der Waals surface area contributed by atoms with Crippen LogP contribution in [0.5, 0.6) is 0 Å². The van der Waals surface area contributed by atoms with Gasteiger partial charge in [-0.05, 0) is 18.2 Å². The van der Waals surface area contributed by atoms with Crippen LogP contribution in [-0.2, 0) is 13.1 Å². The number of pyridine rings is 1. The van der Waals surface area contributed by atoms with Crippen molar-refractivity contribution in [2.45, 2.75) is 13.1 Å². The molecule has 0 aromatic carbocycles. The molecule has 0 aliphatic rings. The summed E-state index contributed by atoms with van der Waals surface area (Å²) in [5.74, 6) is 0. The molecule has 0 unspecified atom stereocenters. The topological polar surface area (TPSA) is 38.1 Å². The van der Waals surface area contributed by atoms with Gasteiger partial charge in [0.1, 0.15) is 0 Å². The minimum absolute atomic E-state index is 0.784. The summed E-state index contributed by atoms with van der Waals surface area (Å²) in [5.41, 5.74) is 2.21. The first-order valence-electron chi connectivity index (χ1n) is 4.57. The van der Waals surface area contributed by atoms with E-state index in [-0.39, 0.29) is 0 Å². The lowest BCUT2D eigenvalue weighted by molar-refractivity contribution is 0.560. The zero-order chi connectivity index (χ0) is 9.64. The van der Waals surface area contributed by atoms with Crippen molar-refractivity contribution in [2.75, 3.05) is 0 Å². The maximum atomic E-state index is 4.96. The molecule has 0 radical (unpaired) electrons. The molecular formula is C11H12N2O. The van der Waals surface area contributed by atoms with E-state index in [0.29, 0.717) is 0 Å². The Labute approximate surface area is 82.8 Å². The molecule has 2 heterocycles. The molecule has 72 valence electrons. The molecule has 0 aliphatic carbocycles. The minimum Gasteiger partial charge on any atom is -0.472 e. The van der Waals surface area contributed by atoms with Crippen molar-refractivity contribution in [1.82, 2.24) is 10.3 Å². The van der Waals surface area contributed by atoms with Gasteiger partial charge in [0.25, 0.3) is 0 Å². The molecule has 2 aromatic heterocycles. The van der Waals surface area contributed by atoms with E-state index in [1.54, 1.807) is 18.7 Å². The van der Waals surface area contributed by atoms with Gasteiger partial charge in [0.2, 0.25) is 0 Å². The first kappa shape index (κ1) is 8.97. The number of hydrogen-bond acceptors (Lipinski definition) is 3. The van der Waals surface area contributed by atoms with Crippen LogP contribution < -0.4 is 5.32 Å². The number of rotatable bonds is 4. The Morgan fingerprint density at radius 1 is 1.21 bits per heavy atom. The van der Waals surface area contributed by atoms with E-state index < -0.39 is 0 Å². The van der Waals surface area contributed by atoms with Gasteiger partial charge < -0.3 is 9.73 Å². The number of furan rings is 1. The van der Waals surface area contributed by atoms with Crippen LogP contribution in [0.3, 0.4) is 0 Å². The predicted octanol–water partition coefficient (Wildman–Crippen LogP) is 1.96. The molecule has 0 aliphatic heterocycles. The van der Waals surface area contributed by atoms with E-state index in [4.69, 9.17) is 4.42 Å². The Kier molecular flexibility index (Phi) is 2.93. The third-order valence-electron chi connectivity index (χ3n) is 1.94. The second-order valence-corrected chi connectivity index (χ2v) is 3.06. The zero-order valence-electron chi connectivity index (χ0n) is 7.81. The lowest BCUT2D eigenvalue weighted by atomic mass is 10.3. The van der Waals surface area contributed by atoms with Crippen LogP contribution in [0.1, 0.15) is 11.3 Å². The van der Waals surface area contributed by atoms with Crippen molar-refractivity contribution in [2.24, 2.45) is 0 Å². The molecule has 3 nitrogen and oxygen atoms in total. The Morgan fingerprint density at radius 2 is 2.21 bits per heavy atom. The van der Waals surface area contributed by atoms with Crippen LogP contribution >= 0.6 is 0 Å². The summed E-state index contributed by atoms with van der Waals surface area (Å²) in [4.78, 5) is 4.21. The fraction of sp³-hybridized carbons (Fsp3) is 0.182. The second-order valence-electron chi connectivity index (χ2n) is 3.06. The fourth-order valence-corrected chi connectivity index (χ4v) is 1.23. The number of nitrogens with zero attached hydrogens (tertiary/aromatic N) is 1. The van der Waals surface area contributed by atoms with E-state index in [1.807, 2.05) is 24.3 Å². The van der Waals surface area contributed by atoms with Gasteiger partial charge in [0.05, 0.1) is 18.2 Å². The Morgan fingerprint density at radius 3 is 2.93 bits per heavy atom. The van der Waals surface area contributed by atoms with Gasteiger partial charge >= 0.3 is 0 Å². The third kappa shape index (κ3) is 2.44. The van der Waals surface area contributed by atoms with E-state index >= 15 is 0 Å². The van der Waals surface area contributed by atoms with Crippen LogP contribution in [0.2, 0.25) is 0 Å². The molecule has 0 fully saturated rings. The van der Waals surface area contributed by atoms with Gasteiger partial charge in [-0.2, -0.15) is 0 Å². The maximum Gasteiger partial charge on any atom is 0.0947 e. The summed E-state index contributed by atoms with van der Waals surface area (Å²) in [6.07, 6.45) is 5.22. The Balaban J connectivity index is 1.79. The molecule has 0 saturated heterocycles. The summed E-state index contributed by atoms with van der Waals surface area (Å²) in [6, 6.07) is 7.86. The Hall–Kier alpha value is -1.61. The highest BCUT2D eigenvalue weighted by Crippen LogP contribution is 1.99. The summed E-state index contributed by atoms with van der Waals surface area (Å²) >= 11 is 0. The van der Waals surface area contributed by atoms with Crippen LogP contribution in [0.15, 0.2) is 47.4 Å². The summed E-state index contributed by atoms with van der Waals surface area (Å²) in [7, 11) is 0. The molecule has 3 heteroatoms. The molecule has 0 atom stereocenters. The predicted molar refractivity (Wildman–Crippen MR) is 53.5 cm³/mol. The molecule has 14 heavy (non-hydrogen) atoms. The second kappa shape index (κ2) is 4.58. The summed E-state index contributed by atoms with van der Waals surface area (Å²) < 4.78 is 4.96. The van der Waals surface area contributed by atoms with Crippen molar-refractivity contribution in [3.63, 3.8) is 0 Å². The molecule has 0 amide bonds. The third-order valence-corrected chi connectivity index (χ3v) is 1.94. The van der Waals surface area contributed by atoms with Gasteiger partial charge in [0, 0.05) is 24.8 Å². The first-order chi connectivity index (χ1) is 6.95. The molecular weight excluding hydrogens is 176 g/mol. The normalized spacial score (nSPS) is 10.3. The maximum absolute atomic E-state index is 4.96. The average Bonchev–Trinajstić information content (AvgIpc) is 2.72. The molecule has 0 spiro atoms. The largest absolute Gasteiger partial charge is 0.472 e. The van der Waals surface area contributed by atoms with Crippen LogP contribution in [0, 0.1) is 0 Å². The van der Waals surface area contributed by atoms with Gasteiger partial charge in [-0.1, -0.05) is 6.07 Å². The molecule has 1 N–H and O–H groups in total. The molecule has 0 saturated carbocycles. The zero-order valence-corrected chi connectivity index (χ0v) is 7.81. The van der Waals surface area contributed by atoms with Crippen LogP contribution in [0.25, 0.3) is 0 Å². The highest BCUT2D eigenvalue weighted by Gasteiger charge is 1.94. The molecule has 2 aromatic rings. The van der Waals surface area contributed by atoms with E-state index in [0.717, 1.165) is 24.3 Å². The van der Waals surface area contributed by atoms with Crippen molar-refractivity contribution < 1.29 is 4.42 Å². The van der Waals surface area contributed by atoms with Crippen molar-refractivity contribution in [3.8, 4) is 0 Å². The van der Waals surface area contributed by atoms with Gasteiger partial charge in [-0.3, -0.25) is 4.98 Å². The number of nitrogens with one attached hydrogen (secondary N) is 1. The smallest absolute Gasteiger partial charge is 0.0947 e. The van der Waals surface area contributed by atoms with E-state index in [1.165, 1.54) is 0 Å². The van der Waals surface area contributed by atoms with Crippen LogP contribution in [0.4, 0.5) is 0 Å². The SMILES string of the molecule is c1ccc(CNCc2ccoc2)nc1. The van der Waals surface area contributed by atoms with E-state index in [2.05, 4.69) is 10.3 Å².